The number of benzene rings is 1. The Kier molecular flexibility index (Phi) is 2.90. The highest BCUT2D eigenvalue weighted by Crippen LogP contribution is 2.31. The van der Waals surface area contributed by atoms with E-state index in [0.717, 1.165) is 46.2 Å². The highest BCUT2D eigenvalue weighted by atomic mass is 32.2. The first-order valence-electron chi connectivity index (χ1n) is 6.89. The van der Waals surface area contributed by atoms with Crippen molar-refractivity contribution in [2.75, 3.05) is 0 Å². The SMILES string of the molecule is N#Cc1cc2c(nc1Sc1nc3ccccc3[nH]1)CCC2. The molecule has 5 heteroatoms. The number of H-pyrrole nitrogens is 1. The Hall–Kier alpha value is -2.32. The monoisotopic (exact) mass is 292 g/mol. The van der Waals surface area contributed by atoms with Crippen LogP contribution >= 0.6 is 11.8 Å². The van der Waals surface area contributed by atoms with Crippen molar-refractivity contribution in [1.82, 2.24) is 15.0 Å². The Balaban J connectivity index is 1.75. The quantitative estimate of drug-likeness (QED) is 0.785. The lowest BCUT2D eigenvalue weighted by atomic mass is 10.2. The van der Waals surface area contributed by atoms with Crippen LogP contribution in [0, 0.1) is 11.3 Å². The molecular weight excluding hydrogens is 280 g/mol. The summed E-state index contributed by atoms with van der Waals surface area (Å²) in [5, 5.41) is 10.9. The highest BCUT2D eigenvalue weighted by Gasteiger charge is 2.18. The van der Waals surface area contributed by atoms with E-state index in [9.17, 15) is 5.26 Å². The van der Waals surface area contributed by atoms with Crippen LogP contribution in [0.1, 0.15) is 23.2 Å². The van der Waals surface area contributed by atoms with E-state index in [1.54, 1.807) is 0 Å². The van der Waals surface area contributed by atoms with Crippen molar-refractivity contribution in [3.8, 4) is 6.07 Å². The summed E-state index contributed by atoms with van der Waals surface area (Å²) in [6.07, 6.45) is 3.17. The third kappa shape index (κ3) is 2.18. The minimum Gasteiger partial charge on any atom is -0.333 e. The molecule has 2 heterocycles. The number of hydrogen-bond donors (Lipinski definition) is 1. The maximum Gasteiger partial charge on any atom is 0.172 e. The zero-order valence-electron chi connectivity index (χ0n) is 11.3. The van der Waals surface area contributed by atoms with Gasteiger partial charge in [0.1, 0.15) is 11.1 Å². The number of imidazole rings is 1. The summed E-state index contributed by atoms with van der Waals surface area (Å²) in [5.41, 5.74) is 4.92. The maximum absolute atomic E-state index is 9.33. The molecule has 1 aliphatic carbocycles. The van der Waals surface area contributed by atoms with Gasteiger partial charge in [-0.3, -0.25) is 0 Å². The highest BCUT2D eigenvalue weighted by molar-refractivity contribution is 7.99. The van der Waals surface area contributed by atoms with Gasteiger partial charge in [-0.15, -0.1) is 0 Å². The van der Waals surface area contributed by atoms with Crippen LogP contribution in [0.3, 0.4) is 0 Å². The number of fused-ring (bicyclic) bond motifs is 2. The van der Waals surface area contributed by atoms with Gasteiger partial charge in [0.2, 0.25) is 0 Å². The van der Waals surface area contributed by atoms with E-state index in [2.05, 4.69) is 21.0 Å². The van der Waals surface area contributed by atoms with Crippen molar-refractivity contribution in [2.24, 2.45) is 0 Å². The normalized spacial score (nSPS) is 13.3. The average Bonchev–Trinajstić information content (AvgIpc) is 3.11. The molecule has 0 atom stereocenters. The van der Waals surface area contributed by atoms with Crippen molar-refractivity contribution < 1.29 is 0 Å². The smallest absolute Gasteiger partial charge is 0.172 e. The van der Waals surface area contributed by atoms with Crippen molar-refractivity contribution in [3.05, 3.63) is 47.2 Å². The predicted octanol–water partition coefficient (Wildman–Crippen LogP) is 3.47. The molecule has 0 fully saturated rings. The molecule has 4 nitrogen and oxygen atoms in total. The second kappa shape index (κ2) is 4.90. The Morgan fingerprint density at radius 2 is 2.10 bits per heavy atom. The van der Waals surface area contributed by atoms with Crippen LogP contribution in [0.15, 0.2) is 40.5 Å². The molecule has 1 aromatic carbocycles. The third-order valence-electron chi connectivity index (χ3n) is 3.70. The van der Waals surface area contributed by atoms with E-state index in [1.807, 2.05) is 30.3 Å². The molecule has 0 radical (unpaired) electrons. The summed E-state index contributed by atoms with van der Waals surface area (Å²) in [4.78, 5) is 12.5. The molecule has 0 spiro atoms. The van der Waals surface area contributed by atoms with E-state index in [0.29, 0.717) is 5.56 Å². The molecule has 4 rings (SSSR count). The van der Waals surface area contributed by atoms with Gasteiger partial charge in [-0.25, -0.2) is 9.97 Å². The molecular formula is C16H12N4S. The van der Waals surface area contributed by atoms with Crippen molar-refractivity contribution in [1.29, 1.82) is 5.26 Å². The number of para-hydroxylation sites is 2. The first-order valence-corrected chi connectivity index (χ1v) is 7.70. The zero-order chi connectivity index (χ0) is 14.2. The molecule has 102 valence electrons. The second-order valence-electron chi connectivity index (χ2n) is 5.07. The number of rotatable bonds is 2. The molecule has 0 saturated carbocycles. The zero-order valence-corrected chi connectivity index (χ0v) is 12.1. The Labute approximate surface area is 126 Å². The van der Waals surface area contributed by atoms with Gasteiger partial charge in [0.25, 0.3) is 0 Å². The van der Waals surface area contributed by atoms with Gasteiger partial charge in [-0.2, -0.15) is 5.26 Å². The van der Waals surface area contributed by atoms with Crippen LogP contribution in [0.25, 0.3) is 11.0 Å². The lowest BCUT2D eigenvalue weighted by Crippen LogP contribution is -1.95. The fourth-order valence-corrected chi connectivity index (χ4v) is 3.54. The number of nitrogens with one attached hydrogen (secondary N) is 1. The standard InChI is InChI=1S/C16H12N4S/c17-9-11-8-10-4-3-7-12(10)18-15(11)21-16-19-13-5-1-2-6-14(13)20-16/h1-2,5-6,8H,3-4,7H2,(H,19,20). The van der Waals surface area contributed by atoms with Crippen LogP contribution in [0.5, 0.6) is 0 Å². The third-order valence-corrected chi connectivity index (χ3v) is 4.59. The summed E-state index contributed by atoms with van der Waals surface area (Å²) in [5.74, 6) is 0. The summed E-state index contributed by atoms with van der Waals surface area (Å²) in [7, 11) is 0. The Morgan fingerprint density at radius 3 is 2.95 bits per heavy atom. The van der Waals surface area contributed by atoms with Gasteiger partial charge < -0.3 is 4.98 Å². The lowest BCUT2D eigenvalue weighted by molar-refractivity contribution is 0.890. The molecule has 1 N–H and O–H groups in total. The fourth-order valence-electron chi connectivity index (χ4n) is 2.68. The molecule has 0 unspecified atom stereocenters. The van der Waals surface area contributed by atoms with E-state index in [-0.39, 0.29) is 0 Å². The summed E-state index contributed by atoms with van der Waals surface area (Å²) < 4.78 is 0. The summed E-state index contributed by atoms with van der Waals surface area (Å²) in [6, 6.07) is 12.1. The first kappa shape index (κ1) is 12.4. The van der Waals surface area contributed by atoms with E-state index in [1.165, 1.54) is 17.3 Å². The molecule has 0 saturated heterocycles. The van der Waals surface area contributed by atoms with Crippen LogP contribution in [-0.2, 0) is 12.8 Å². The van der Waals surface area contributed by atoms with Crippen LogP contribution in [0.2, 0.25) is 0 Å². The van der Waals surface area contributed by atoms with Gasteiger partial charge in [-0.1, -0.05) is 12.1 Å². The molecule has 1 aliphatic rings. The van der Waals surface area contributed by atoms with Gasteiger partial charge in [0.05, 0.1) is 16.6 Å². The number of pyridine rings is 1. The molecule has 0 amide bonds. The van der Waals surface area contributed by atoms with Gasteiger partial charge in [0.15, 0.2) is 5.16 Å². The molecule has 2 aromatic heterocycles. The van der Waals surface area contributed by atoms with Gasteiger partial charge >= 0.3 is 0 Å². The Bertz CT molecular complexity index is 843. The molecule has 21 heavy (non-hydrogen) atoms. The van der Waals surface area contributed by atoms with E-state index in [4.69, 9.17) is 0 Å². The largest absolute Gasteiger partial charge is 0.333 e. The fraction of sp³-hybridized carbons (Fsp3) is 0.188. The van der Waals surface area contributed by atoms with Crippen molar-refractivity contribution in [3.63, 3.8) is 0 Å². The number of hydrogen-bond acceptors (Lipinski definition) is 4. The summed E-state index contributed by atoms with van der Waals surface area (Å²) in [6.45, 7) is 0. The number of aromatic nitrogens is 3. The van der Waals surface area contributed by atoms with Crippen LogP contribution < -0.4 is 0 Å². The minimum absolute atomic E-state index is 0.640. The molecule has 0 bridgehead atoms. The van der Waals surface area contributed by atoms with Crippen molar-refractivity contribution >= 4 is 22.8 Å². The number of nitrogens with zero attached hydrogens (tertiary/aromatic N) is 3. The number of aromatic amines is 1. The second-order valence-corrected chi connectivity index (χ2v) is 6.05. The Morgan fingerprint density at radius 1 is 1.19 bits per heavy atom. The molecule has 3 aromatic rings. The van der Waals surface area contributed by atoms with E-state index >= 15 is 0 Å². The maximum atomic E-state index is 9.33. The van der Waals surface area contributed by atoms with Crippen LogP contribution in [-0.4, -0.2) is 15.0 Å². The number of nitriles is 1. The van der Waals surface area contributed by atoms with Gasteiger partial charge in [-0.05, 0) is 54.8 Å². The van der Waals surface area contributed by atoms with E-state index < -0.39 is 0 Å². The van der Waals surface area contributed by atoms with Crippen LogP contribution in [0.4, 0.5) is 0 Å². The van der Waals surface area contributed by atoms with Crippen molar-refractivity contribution in [2.45, 2.75) is 29.4 Å². The lowest BCUT2D eigenvalue weighted by Gasteiger charge is -2.04. The minimum atomic E-state index is 0.640. The number of aryl methyl sites for hydroxylation is 2. The average molecular weight is 292 g/mol. The predicted molar refractivity (Wildman–Crippen MR) is 81.2 cm³/mol. The topological polar surface area (TPSA) is 65.4 Å². The first-order chi connectivity index (χ1) is 10.3. The van der Waals surface area contributed by atoms with Gasteiger partial charge in [0, 0.05) is 5.69 Å². The summed E-state index contributed by atoms with van der Waals surface area (Å²) >= 11 is 1.43. The molecule has 0 aliphatic heterocycles.